The maximum absolute atomic E-state index is 12.7. The van der Waals surface area contributed by atoms with Gasteiger partial charge in [-0.05, 0) is 49.2 Å². The van der Waals surface area contributed by atoms with Crippen LogP contribution in [0.3, 0.4) is 0 Å². The number of aromatic carboxylic acids is 1. The summed E-state index contributed by atoms with van der Waals surface area (Å²) in [6.45, 7) is 3.61. The second-order valence-corrected chi connectivity index (χ2v) is 7.32. The van der Waals surface area contributed by atoms with Gasteiger partial charge in [0.1, 0.15) is 24.0 Å². The normalized spacial score (nSPS) is 15.3. The lowest BCUT2D eigenvalue weighted by molar-refractivity contribution is -0.139. The van der Waals surface area contributed by atoms with Crippen LogP contribution in [-0.4, -0.2) is 30.8 Å². The predicted octanol–water partition coefficient (Wildman–Crippen LogP) is 3.62. The molecule has 34 heavy (non-hydrogen) atoms. The second-order valence-electron chi connectivity index (χ2n) is 7.32. The first-order valence-corrected chi connectivity index (χ1v) is 10.4. The maximum atomic E-state index is 12.7. The molecule has 1 aliphatic heterocycles. The first kappa shape index (κ1) is 24.2. The number of benzene rings is 2. The van der Waals surface area contributed by atoms with Crippen molar-refractivity contribution in [3.63, 3.8) is 0 Å². The number of carboxylic acid groups (broad SMARTS) is 1. The first-order valence-electron chi connectivity index (χ1n) is 10.4. The Kier molecular flexibility index (Phi) is 7.43. The number of ether oxygens (including phenoxy) is 4. The summed E-state index contributed by atoms with van der Waals surface area (Å²) in [5, 5.41) is 18.7. The standard InChI is InChI=1S/C25H24N2O7/c1-4-32-25(30)21-14(2)34-23(27)18(12-26)22(21)17-9-10-19(20(11-17)31-3)33-13-15-5-7-16(8-6-15)24(28)29/h5-11,22H,4,13,27H2,1-3H3,(H,28,29). The molecule has 0 radical (unpaired) electrons. The number of carboxylic acids is 1. The Labute approximate surface area is 196 Å². The maximum Gasteiger partial charge on any atom is 0.338 e. The van der Waals surface area contributed by atoms with Gasteiger partial charge in [-0.1, -0.05) is 18.2 Å². The highest BCUT2D eigenvalue weighted by molar-refractivity contribution is 5.92. The van der Waals surface area contributed by atoms with Crippen LogP contribution >= 0.6 is 0 Å². The Bertz CT molecular complexity index is 1210. The van der Waals surface area contributed by atoms with Crippen LogP contribution in [0, 0.1) is 11.3 Å². The highest BCUT2D eigenvalue weighted by atomic mass is 16.5. The monoisotopic (exact) mass is 464 g/mol. The zero-order valence-corrected chi connectivity index (χ0v) is 19.0. The van der Waals surface area contributed by atoms with E-state index in [1.807, 2.05) is 6.07 Å². The molecule has 1 atom stereocenters. The van der Waals surface area contributed by atoms with Gasteiger partial charge in [0.05, 0.1) is 30.8 Å². The van der Waals surface area contributed by atoms with Crippen molar-refractivity contribution in [2.45, 2.75) is 26.4 Å². The third kappa shape index (κ3) is 4.96. The van der Waals surface area contributed by atoms with Crippen LogP contribution in [0.5, 0.6) is 11.5 Å². The average molecular weight is 464 g/mol. The van der Waals surface area contributed by atoms with Crippen molar-refractivity contribution in [2.75, 3.05) is 13.7 Å². The van der Waals surface area contributed by atoms with Crippen LogP contribution in [-0.2, 0) is 20.9 Å². The average Bonchev–Trinajstić information content (AvgIpc) is 2.82. The van der Waals surface area contributed by atoms with Gasteiger partial charge in [0.2, 0.25) is 5.88 Å². The number of nitriles is 1. The number of carbonyl (C=O) groups is 2. The second kappa shape index (κ2) is 10.4. The molecule has 0 bridgehead atoms. The van der Waals surface area contributed by atoms with Crippen LogP contribution in [0.1, 0.15) is 41.3 Å². The molecule has 0 fully saturated rings. The number of methoxy groups -OCH3 is 1. The molecule has 1 aliphatic rings. The molecule has 0 saturated heterocycles. The molecule has 0 aliphatic carbocycles. The molecule has 3 N–H and O–H groups in total. The van der Waals surface area contributed by atoms with Crippen LogP contribution in [0.2, 0.25) is 0 Å². The highest BCUT2D eigenvalue weighted by Crippen LogP contribution is 2.42. The van der Waals surface area contributed by atoms with Crippen molar-refractivity contribution in [3.8, 4) is 17.6 Å². The molecule has 2 aromatic rings. The fraction of sp³-hybridized carbons (Fsp3) is 0.240. The summed E-state index contributed by atoms with van der Waals surface area (Å²) in [4.78, 5) is 23.7. The number of nitrogens with zero attached hydrogens (tertiary/aromatic N) is 1. The van der Waals surface area contributed by atoms with Crippen molar-refractivity contribution >= 4 is 11.9 Å². The number of hydrogen-bond acceptors (Lipinski definition) is 8. The summed E-state index contributed by atoms with van der Waals surface area (Å²) in [5.41, 5.74) is 7.73. The van der Waals surface area contributed by atoms with Crippen molar-refractivity contribution in [2.24, 2.45) is 5.73 Å². The molecule has 1 heterocycles. The summed E-state index contributed by atoms with van der Waals surface area (Å²) in [6.07, 6.45) is 0. The zero-order chi connectivity index (χ0) is 24.8. The fourth-order valence-corrected chi connectivity index (χ4v) is 3.58. The van der Waals surface area contributed by atoms with E-state index in [9.17, 15) is 14.9 Å². The zero-order valence-electron chi connectivity index (χ0n) is 19.0. The first-order chi connectivity index (χ1) is 16.3. The molecule has 9 heteroatoms. The lowest BCUT2D eigenvalue weighted by Crippen LogP contribution is -2.25. The number of allylic oxidation sites excluding steroid dienone is 2. The highest BCUT2D eigenvalue weighted by Gasteiger charge is 2.36. The van der Waals surface area contributed by atoms with E-state index in [1.165, 1.54) is 19.2 Å². The minimum absolute atomic E-state index is 0.0813. The van der Waals surface area contributed by atoms with Crippen molar-refractivity contribution in [1.82, 2.24) is 0 Å². The smallest absolute Gasteiger partial charge is 0.338 e. The number of rotatable bonds is 8. The van der Waals surface area contributed by atoms with Crippen molar-refractivity contribution < 1.29 is 33.6 Å². The van der Waals surface area contributed by atoms with Gasteiger partial charge in [0, 0.05) is 0 Å². The van der Waals surface area contributed by atoms with Crippen molar-refractivity contribution in [1.29, 1.82) is 5.26 Å². The Morgan fingerprint density at radius 2 is 1.88 bits per heavy atom. The molecular formula is C25H24N2O7. The molecule has 1 unspecified atom stereocenters. The number of esters is 1. The summed E-state index contributed by atoms with van der Waals surface area (Å²) < 4.78 is 22.0. The van der Waals surface area contributed by atoms with Crippen LogP contribution in [0.4, 0.5) is 0 Å². The van der Waals surface area contributed by atoms with Crippen molar-refractivity contribution in [3.05, 3.63) is 81.9 Å². The molecule has 0 spiro atoms. The summed E-state index contributed by atoms with van der Waals surface area (Å²) in [7, 11) is 1.47. The molecule has 176 valence electrons. The van der Waals surface area contributed by atoms with Crippen LogP contribution in [0.25, 0.3) is 0 Å². The fourth-order valence-electron chi connectivity index (χ4n) is 3.58. The van der Waals surface area contributed by atoms with Gasteiger partial charge in [0.25, 0.3) is 0 Å². The third-order valence-corrected chi connectivity index (χ3v) is 5.22. The van der Waals surface area contributed by atoms with E-state index >= 15 is 0 Å². The number of nitrogens with two attached hydrogens (primary N) is 1. The Morgan fingerprint density at radius 3 is 2.47 bits per heavy atom. The summed E-state index contributed by atoms with van der Waals surface area (Å²) >= 11 is 0. The summed E-state index contributed by atoms with van der Waals surface area (Å²) in [6, 6.07) is 13.4. The minimum atomic E-state index is -1.00. The number of hydrogen-bond donors (Lipinski definition) is 2. The molecular weight excluding hydrogens is 440 g/mol. The minimum Gasteiger partial charge on any atom is -0.493 e. The molecule has 0 saturated carbocycles. The van der Waals surface area contributed by atoms with Gasteiger partial charge in [0.15, 0.2) is 11.5 Å². The topological polar surface area (TPSA) is 141 Å². The lowest BCUT2D eigenvalue weighted by Gasteiger charge is -2.27. The number of carbonyl (C=O) groups excluding carboxylic acids is 1. The summed E-state index contributed by atoms with van der Waals surface area (Å²) in [5.74, 6) is -1.43. The van der Waals surface area contributed by atoms with Gasteiger partial charge < -0.3 is 29.8 Å². The Balaban J connectivity index is 1.93. The SMILES string of the molecule is CCOC(=O)C1=C(C)OC(N)=C(C#N)C1c1ccc(OCc2ccc(C(=O)O)cc2)c(OC)c1. The van der Waals surface area contributed by atoms with Gasteiger partial charge in [-0.3, -0.25) is 0 Å². The van der Waals surface area contributed by atoms with Gasteiger partial charge in [-0.25, -0.2) is 9.59 Å². The largest absolute Gasteiger partial charge is 0.493 e. The lowest BCUT2D eigenvalue weighted by atomic mass is 9.83. The van der Waals surface area contributed by atoms with Gasteiger partial charge in [-0.2, -0.15) is 5.26 Å². The predicted molar refractivity (Wildman–Crippen MR) is 121 cm³/mol. The van der Waals surface area contributed by atoms with Gasteiger partial charge in [-0.15, -0.1) is 0 Å². The molecule has 0 aromatic heterocycles. The van der Waals surface area contributed by atoms with E-state index in [1.54, 1.807) is 44.2 Å². The Morgan fingerprint density at radius 1 is 1.18 bits per heavy atom. The molecule has 0 amide bonds. The quantitative estimate of drug-likeness (QED) is 0.560. The molecule has 3 rings (SSSR count). The van der Waals surface area contributed by atoms with E-state index < -0.39 is 17.9 Å². The Hall–Kier alpha value is -4.45. The molecule has 9 nitrogen and oxygen atoms in total. The molecule has 2 aromatic carbocycles. The van der Waals surface area contributed by atoms with E-state index in [0.29, 0.717) is 17.1 Å². The third-order valence-electron chi connectivity index (χ3n) is 5.22. The van der Waals surface area contributed by atoms with E-state index in [0.717, 1.165) is 5.56 Å². The van der Waals surface area contributed by atoms with E-state index in [4.69, 9.17) is 29.8 Å². The van der Waals surface area contributed by atoms with E-state index in [-0.39, 0.29) is 41.6 Å². The van der Waals surface area contributed by atoms with Crippen LogP contribution in [0.15, 0.2) is 65.3 Å². The van der Waals surface area contributed by atoms with Crippen LogP contribution < -0.4 is 15.2 Å². The van der Waals surface area contributed by atoms with Gasteiger partial charge >= 0.3 is 11.9 Å². The van der Waals surface area contributed by atoms with E-state index in [2.05, 4.69) is 0 Å².